The van der Waals surface area contributed by atoms with Crippen molar-refractivity contribution in [1.29, 1.82) is 0 Å². The third-order valence-electron chi connectivity index (χ3n) is 3.86. The van der Waals surface area contributed by atoms with Gasteiger partial charge in [-0.1, -0.05) is 0 Å². The highest BCUT2D eigenvalue weighted by Crippen LogP contribution is 2.41. The number of aromatic nitrogens is 4. The van der Waals surface area contributed by atoms with E-state index in [2.05, 4.69) is 31.5 Å². The summed E-state index contributed by atoms with van der Waals surface area (Å²) in [7, 11) is 1.58. The molecule has 3 rings (SSSR count). The van der Waals surface area contributed by atoms with Crippen molar-refractivity contribution in [2.45, 2.75) is 24.8 Å². The van der Waals surface area contributed by atoms with Crippen LogP contribution in [0.4, 0.5) is 0 Å². The minimum atomic E-state index is -1.02. The normalized spacial score (nSPS) is 16.3. The van der Waals surface area contributed by atoms with Crippen LogP contribution in [0.15, 0.2) is 22.7 Å². The molecule has 1 N–H and O–H groups in total. The molecule has 1 aliphatic carbocycles. The Bertz CT molecular complexity index is 696. The van der Waals surface area contributed by atoms with Gasteiger partial charge in [0.25, 0.3) is 0 Å². The molecule has 21 heavy (non-hydrogen) atoms. The van der Waals surface area contributed by atoms with Crippen LogP contribution in [-0.4, -0.2) is 38.4 Å². The molecule has 0 amide bonds. The van der Waals surface area contributed by atoms with Crippen molar-refractivity contribution in [3.63, 3.8) is 0 Å². The first kappa shape index (κ1) is 14.0. The molecule has 1 fully saturated rings. The largest absolute Gasteiger partial charge is 0.496 e. The summed E-state index contributed by atoms with van der Waals surface area (Å²) in [4.78, 5) is 11.6. The number of carboxylic acid groups (broad SMARTS) is 1. The predicted octanol–water partition coefficient (Wildman–Crippen LogP) is 2.07. The van der Waals surface area contributed by atoms with Crippen LogP contribution in [0.25, 0.3) is 11.4 Å². The minimum absolute atomic E-state index is 0.445. The Labute approximate surface area is 129 Å². The lowest BCUT2D eigenvalue weighted by atomic mass is 9.76. The Morgan fingerprint density at radius 3 is 2.76 bits per heavy atom. The van der Waals surface area contributed by atoms with Crippen molar-refractivity contribution in [1.82, 2.24) is 20.2 Å². The van der Waals surface area contributed by atoms with Gasteiger partial charge in [-0.2, -0.15) is 0 Å². The highest BCUT2D eigenvalue weighted by atomic mass is 79.9. The quantitative estimate of drug-likeness (QED) is 0.905. The van der Waals surface area contributed by atoms with Gasteiger partial charge in [0.2, 0.25) is 0 Å². The van der Waals surface area contributed by atoms with E-state index >= 15 is 0 Å². The Kier molecular flexibility index (Phi) is 3.40. The summed E-state index contributed by atoms with van der Waals surface area (Å²) in [6.45, 7) is 0. The van der Waals surface area contributed by atoms with E-state index in [4.69, 9.17) is 4.74 Å². The highest BCUT2D eigenvalue weighted by molar-refractivity contribution is 9.10. The van der Waals surface area contributed by atoms with Crippen LogP contribution in [0.2, 0.25) is 0 Å². The van der Waals surface area contributed by atoms with Gasteiger partial charge in [-0.05, 0) is 63.8 Å². The maximum Gasteiger partial charge on any atom is 0.331 e. The Morgan fingerprint density at radius 1 is 1.48 bits per heavy atom. The summed E-state index contributed by atoms with van der Waals surface area (Å²) in [5.41, 5.74) is -0.286. The molecule has 1 aromatic heterocycles. The van der Waals surface area contributed by atoms with Gasteiger partial charge in [-0.3, -0.25) is 0 Å². The maximum atomic E-state index is 11.6. The van der Waals surface area contributed by atoms with Crippen LogP contribution in [0, 0.1) is 0 Å². The minimum Gasteiger partial charge on any atom is -0.496 e. The van der Waals surface area contributed by atoms with Gasteiger partial charge >= 0.3 is 5.97 Å². The topological polar surface area (TPSA) is 90.1 Å². The number of aliphatic carboxylic acids is 1. The number of ether oxygens (including phenoxy) is 1. The second kappa shape index (κ2) is 5.10. The summed E-state index contributed by atoms with van der Waals surface area (Å²) < 4.78 is 7.37. The molecule has 8 heteroatoms. The zero-order chi connectivity index (χ0) is 15.0. The van der Waals surface area contributed by atoms with Crippen molar-refractivity contribution in [3.05, 3.63) is 22.7 Å². The highest BCUT2D eigenvalue weighted by Gasteiger charge is 2.49. The monoisotopic (exact) mass is 352 g/mol. The fraction of sp³-hybridized carbons (Fsp3) is 0.385. The number of tetrazole rings is 1. The molecule has 0 saturated heterocycles. The SMILES string of the molecule is COc1ccc(-c2nnnn2C2(C(=O)O)CCC2)cc1Br. The van der Waals surface area contributed by atoms with Crippen LogP contribution < -0.4 is 4.74 Å². The van der Waals surface area contributed by atoms with Crippen LogP contribution in [0.5, 0.6) is 5.75 Å². The second-order valence-corrected chi connectivity index (χ2v) is 5.81. The average Bonchev–Trinajstić information content (AvgIpc) is 2.86. The van der Waals surface area contributed by atoms with E-state index in [1.807, 2.05) is 6.07 Å². The number of carboxylic acids is 1. The van der Waals surface area contributed by atoms with E-state index in [0.29, 0.717) is 24.4 Å². The number of rotatable bonds is 4. The van der Waals surface area contributed by atoms with Crippen LogP contribution in [-0.2, 0) is 10.3 Å². The van der Waals surface area contributed by atoms with Gasteiger partial charge in [0, 0.05) is 5.56 Å². The molecule has 1 saturated carbocycles. The van der Waals surface area contributed by atoms with Crippen LogP contribution >= 0.6 is 15.9 Å². The van der Waals surface area contributed by atoms with Crippen molar-refractivity contribution in [3.8, 4) is 17.1 Å². The summed E-state index contributed by atoms with van der Waals surface area (Å²) in [6.07, 6.45) is 1.94. The van der Waals surface area contributed by atoms with Gasteiger partial charge < -0.3 is 9.84 Å². The lowest BCUT2D eigenvalue weighted by Crippen LogP contribution is -2.48. The number of hydrogen-bond acceptors (Lipinski definition) is 5. The van der Waals surface area contributed by atoms with E-state index in [0.717, 1.165) is 16.5 Å². The molecule has 1 heterocycles. The molecule has 0 bridgehead atoms. The number of carbonyl (C=O) groups is 1. The van der Waals surface area contributed by atoms with Gasteiger partial charge in [-0.25, -0.2) is 9.48 Å². The average molecular weight is 353 g/mol. The summed E-state index contributed by atoms with van der Waals surface area (Å²) >= 11 is 3.41. The fourth-order valence-corrected chi connectivity index (χ4v) is 3.03. The Balaban J connectivity index is 2.07. The number of benzene rings is 1. The summed E-state index contributed by atoms with van der Waals surface area (Å²) in [6, 6.07) is 5.40. The maximum absolute atomic E-state index is 11.6. The smallest absolute Gasteiger partial charge is 0.331 e. The van der Waals surface area contributed by atoms with Crippen molar-refractivity contribution < 1.29 is 14.6 Å². The molecule has 1 aliphatic rings. The van der Waals surface area contributed by atoms with Crippen molar-refractivity contribution in [2.24, 2.45) is 0 Å². The Hall–Kier alpha value is -1.96. The lowest BCUT2D eigenvalue weighted by Gasteiger charge is -2.37. The zero-order valence-electron chi connectivity index (χ0n) is 11.3. The fourth-order valence-electron chi connectivity index (χ4n) is 2.49. The van der Waals surface area contributed by atoms with Crippen LogP contribution in [0.3, 0.4) is 0 Å². The van der Waals surface area contributed by atoms with Gasteiger partial charge in [0.05, 0.1) is 11.6 Å². The number of hydrogen-bond donors (Lipinski definition) is 1. The van der Waals surface area contributed by atoms with Gasteiger partial charge in [0.15, 0.2) is 11.4 Å². The number of methoxy groups -OCH3 is 1. The molecular formula is C13H13BrN4O3. The zero-order valence-corrected chi connectivity index (χ0v) is 12.9. The third kappa shape index (κ3) is 2.10. The molecule has 1 aromatic carbocycles. The summed E-state index contributed by atoms with van der Waals surface area (Å²) in [5, 5.41) is 21.1. The van der Waals surface area contributed by atoms with E-state index < -0.39 is 11.5 Å². The first-order chi connectivity index (χ1) is 10.1. The van der Waals surface area contributed by atoms with E-state index in [9.17, 15) is 9.90 Å². The number of halogens is 1. The lowest BCUT2D eigenvalue weighted by molar-refractivity contribution is -0.153. The second-order valence-electron chi connectivity index (χ2n) is 4.95. The Morgan fingerprint density at radius 2 is 2.24 bits per heavy atom. The molecule has 110 valence electrons. The summed E-state index contributed by atoms with van der Waals surface area (Å²) in [5.74, 6) is 0.240. The third-order valence-corrected chi connectivity index (χ3v) is 4.48. The first-order valence-electron chi connectivity index (χ1n) is 6.45. The van der Waals surface area contributed by atoms with E-state index in [-0.39, 0.29) is 0 Å². The molecule has 0 radical (unpaired) electrons. The molecule has 0 spiro atoms. The molecule has 7 nitrogen and oxygen atoms in total. The standard InChI is InChI=1S/C13H13BrN4O3/c1-21-10-4-3-8(7-9(10)14)11-15-16-17-18(11)13(12(19)20)5-2-6-13/h3-4,7H,2,5-6H2,1H3,(H,19,20). The van der Waals surface area contributed by atoms with Crippen molar-refractivity contribution >= 4 is 21.9 Å². The van der Waals surface area contributed by atoms with Gasteiger partial charge in [0.1, 0.15) is 5.75 Å². The van der Waals surface area contributed by atoms with Gasteiger partial charge in [-0.15, -0.1) is 5.10 Å². The molecule has 2 aromatic rings. The van der Waals surface area contributed by atoms with Crippen molar-refractivity contribution in [2.75, 3.05) is 7.11 Å². The molecule has 0 atom stereocenters. The first-order valence-corrected chi connectivity index (χ1v) is 7.24. The molecular weight excluding hydrogens is 340 g/mol. The van der Waals surface area contributed by atoms with E-state index in [1.165, 1.54) is 4.68 Å². The van der Waals surface area contributed by atoms with Crippen LogP contribution in [0.1, 0.15) is 19.3 Å². The molecule has 0 aliphatic heterocycles. The molecule has 0 unspecified atom stereocenters. The van der Waals surface area contributed by atoms with E-state index in [1.54, 1.807) is 19.2 Å². The predicted molar refractivity (Wildman–Crippen MR) is 77.0 cm³/mol. The number of nitrogens with zero attached hydrogens (tertiary/aromatic N) is 4.